The number of imidazole rings is 1. The summed E-state index contributed by atoms with van der Waals surface area (Å²) < 4.78 is 54.7. The highest BCUT2D eigenvalue weighted by Crippen LogP contribution is 2.34. The van der Waals surface area contributed by atoms with E-state index >= 15 is 0 Å². The highest BCUT2D eigenvalue weighted by atomic mass is 19.4. The highest BCUT2D eigenvalue weighted by Gasteiger charge is 2.32. The van der Waals surface area contributed by atoms with Crippen LogP contribution in [0.3, 0.4) is 0 Å². The second kappa shape index (κ2) is 8.22. The molecule has 4 rings (SSSR count). The number of pyridine rings is 1. The van der Waals surface area contributed by atoms with Gasteiger partial charge >= 0.3 is 6.18 Å². The Morgan fingerprint density at radius 2 is 1.81 bits per heavy atom. The third kappa shape index (κ3) is 4.58. The number of benzene rings is 2. The van der Waals surface area contributed by atoms with Gasteiger partial charge in [-0.1, -0.05) is 24.3 Å². The standard InChI is InChI=1S/C23H17F4N3O/c24-17-7-9-18(10-8-17)29-22(31)13-19(15-4-3-5-16(12-15)23(25,26)27)20-14-28-21-6-1-2-11-30(20)21/h1-12,14,19H,13H2,(H,29,31). The Morgan fingerprint density at radius 1 is 1.03 bits per heavy atom. The molecule has 1 N–H and O–H groups in total. The van der Waals surface area contributed by atoms with Gasteiger partial charge in [0.2, 0.25) is 5.91 Å². The van der Waals surface area contributed by atoms with Crippen molar-refractivity contribution in [1.29, 1.82) is 0 Å². The molecule has 8 heteroatoms. The molecule has 0 saturated carbocycles. The fourth-order valence-corrected chi connectivity index (χ4v) is 3.47. The van der Waals surface area contributed by atoms with Gasteiger partial charge in [0.15, 0.2) is 0 Å². The summed E-state index contributed by atoms with van der Waals surface area (Å²) in [6.45, 7) is 0. The van der Waals surface area contributed by atoms with Crippen molar-refractivity contribution >= 4 is 17.2 Å². The van der Waals surface area contributed by atoms with Gasteiger partial charge in [-0.2, -0.15) is 13.2 Å². The second-order valence-electron chi connectivity index (χ2n) is 7.05. The van der Waals surface area contributed by atoms with E-state index in [9.17, 15) is 22.4 Å². The number of nitrogens with zero attached hydrogens (tertiary/aromatic N) is 2. The number of hydrogen-bond acceptors (Lipinski definition) is 2. The maximum absolute atomic E-state index is 13.3. The van der Waals surface area contributed by atoms with Gasteiger partial charge in [0.05, 0.1) is 11.3 Å². The summed E-state index contributed by atoms with van der Waals surface area (Å²) in [4.78, 5) is 17.0. The topological polar surface area (TPSA) is 46.4 Å². The van der Waals surface area contributed by atoms with Crippen LogP contribution in [-0.4, -0.2) is 15.3 Å². The van der Waals surface area contributed by atoms with Crippen LogP contribution in [0.2, 0.25) is 0 Å². The van der Waals surface area contributed by atoms with E-state index < -0.39 is 29.4 Å². The lowest BCUT2D eigenvalue weighted by Gasteiger charge is -2.19. The van der Waals surface area contributed by atoms with E-state index in [-0.39, 0.29) is 6.42 Å². The van der Waals surface area contributed by atoms with Gasteiger partial charge in [0.1, 0.15) is 11.5 Å². The third-order valence-electron chi connectivity index (χ3n) is 4.94. The van der Waals surface area contributed by atoms with Crippen molar-refractivity contribution in [3.63, 3.8) is 0 Å². The molecule has 2 aromatic heterocycles. The molecule has 0 fully saturated rings. The van der Waals surface area contributed by atoms with Crippen molar-refractivity contribution in [2.45, 2.75) is 18.5 Å². The van der Waals surface area contributed by atoms with Crippen LogP contribution in [0.1, 0.15) is 29.2 Å². The van der Waals surface area contributed by atoms with Crippen molar-refractivity contribution in [2.75, 3.05) is 5.32 Å². The van der Waals surface area contributed by atoms with Crippen LogP contribution in [0.4, 0.5) is 23.2 Å². The Bertz CT molecular complexity index is 1220. The number of aromatic nitrogens is 2. The fraction of sp³-hybridized carbons (Fsp3) is 0.130. The van der Waals surface area contributed by atoms with Gasteiger partial charge in [-0.15, -0.1) is 0 Å². The summed E-state index contributed by atoms with van der Waals surface area (Å²) in [5, 5.41) is 2.67. The molecule has 4 aromatic rings. The average Bonchev–Trinajstić information content (AvgIpc) is 3.17. The van der Waals surface area contributed by atoms with Crippen molar-refractivity contribution in [3.8, 4) is 0 Å². The van der Waals surface area contributed by atoms with Gasteiger partial charge in [-0.05, 0) is 48.0 Å². The number of carbonyl (C=O) groups is 1. The zero-order valence-corrected chi connectivity index (χ0v) is 16.1. The zero-order valence-electron chi connectivity index (χ0n) is 16.1. The Balaban J connectivity index is 1.71. The summed E-state index contributed by atoms with van der Waals surface area (Å²) >= 11 is 0. The molecule has 0 saturated heterocycles. The summed E-state index contributed by atoms with van der Waals surface area (Å²) in [5.41, 5.74) is 1.16. The van der Waals surface area contributed by atoms with E-state index in [0.29, 0.717) is 22.6 Å². The minimum Gasteiger partial charge on any atom is -0.326 e. The average molecular weight is 427 g/mol. The zero-order chi connectivity index (χ0) is 22.0. The van der Waals surface area contributed by atoms with Crippen LogP contribution >= 0.6 is 0 Å². The molecular formula is C23H17F4N3O. The van der Waals surface area contributed by atoms with Crippen molar-refractivity contribution in [1.82, 2.24) is 9.38 Å². The van der Waals surface area contributed by atoms with Crippen LogP contribution < -0.4 is 5.32 Å². The molecule has 0 bridgehead atoms. The molecule has 2 heterocycles. The van der Waals surface area contributed by atoms with Crippen LogP contribution in [0.25, 0.3) is 5.65 Å². The molecule has 4 nitrogen and oxygen atoms in total. The van der Waals surface area contributed by atoms with Gasteiger partial charge in [0.25, 0.3) is 0 Å². The number of anilines is 1. The lowest BCUT2D eigenvalue weighted by atomic mass is 9.91. The van der Waals surface area contributed by atoms with Gasteiger partial charge < -0.3 is 9.72 Å². The summed E-state index contributed by atoms with van der Waals surface area (Å²) in [5.74, 6) is -1.54. The number of carbonyl (C=O) groups excluding carboxylic acids is 1. The number of rotatable bonds is 5. The molecular weight excluding hydrogens is 410 g/mol. The van der Waals surface area contributed by atoms with Gasteiger partial charge in [0, 0.05) is 30.4 Å². The second-order valence-corrected chi connectivity index (χ2v) is 7.05. The molecule has 1 amide bonds. The minimum atomic E-state index is -4.50. The van der Waals surface area contributed by atoms with E-state index in [1.54, 1.807) is 41.1 Å². The van der Waals surface area contributed by atoms with Gasteiger partial charge in [-0.25, -0.2) is 9.37 Å². The fourth-order valence-electron chi connectivity index (χ4n) is 3.47. The smallest absolute Gasteiger partial charge is 0.326 e. The Morgan fingerprint density at radius 3 is 2.55 bits per heavy atom. The predicted octanol–water partition coefficient (Wildman–Crippen LogP) is 5.65. The third-order valence-corrected chi connectivity index (χ3v) is 4.94. The monoisotopic (exact) mass is 427 g/mol. The number of alkyl halides is 3. The van der Waals surface area contributed by atoms with Crippen molar-refractivity contribution in [3.05, 3.63) is 102 Å². The molecule has 0 aliphatic heterocycles. The van der Waals surface area contributed by atoms with E-state index in [0.717, 1.165) is 12.1 Å². The van der Waals surface area contributed by atoms with Crippen LogP contribution in [0.5, 0.6) is 0 Å². The number of hydrogen-bond donors (Lipinski definition) is 1. The number of halogens is 4. The van der Waals surface area contributed by atoms with E-state index in [2.05, 4.69) is 10.3 Å². The number of amides is 1. The predicted molar refractivity (Wildman–Crippen MR) is 108 cm³/mol. The molecule has 1 unspecified atom stereocenters. The maximum atomic E-state index is 13.3. The quantitative estimate of drug-likeness (QED) is 0.418. The number of fused-ring (bicyclic) bond motifs is 1. The number of nitrogens with one attached hydrogen (secondary N) is 1. The van der Waals surface area contributed by atoms with Crippen LogP contribution in [-0.2, 0) is 11.0 Å². The largest absolute Gasteiger partial charge is 0.416 e. The maximum Gasteiger partial charge on any atom is 0.416 e. The molecule has 0 aliphatic rings. The SMILES string of the molecule is O=C(CC(c1cccc(C(F)(F)F)c1)c1cnc2ccccn12)Nc1ccc(F)cc1. The molecule has 2 aromatic carbocycles. The lowest BCUT2D eigenvalue weighted by Crippen LogP contribution is -2.18. The molecule has 0 radical (unpaired) electrons. The van der Waals surface area contributed by atoms with Crippen LogP contribution in [0.15, 0.2) is 79.1 Å². The molecule has 1 atom stereocenters. The van der Waals surface area contributed by atoms with E-state index in [1.807, 2.05) is 0 Å². The summed E-state index contributed by atoms with van der Waals surface area (Å²) in [6, 6.07) is 15.5. The van der Waals surface area contributed by atoms with Crippen molar-refractivity contribution in [2.24, 2.45) is 0 Å². The first kappa shape index (κ1) is 20.6. The Labute approximate surface area is 175 Å². The van der Waals surface area contributed by atoms with Crippen molar-refractivity contribution < 1.29 is 22.4 Å². The summed E-state index contributed by atoms with van der Waals surface area (Å²) in [6.07, 6.45) is -1.32. The van der Waals surface area contributed by atoms with Crippen LogP contribution in [0, 0.1) is 5.82 Å². The highest BCUT2D eigenvalue weighted by molar-refractivity contribution is 5.91. The molecule has 0 spiro atoms. The first-order valence-electron chi connectivity index (χ1n) is 9.46. The van der Waals surface area contributed by atoms with Gasteiger partial charge in [-0.3, -0.25) is 4.79 Å². The minimum absolute atomic E-state index is 0.124. The summed E-state index contributed by atoms with van der Waals surface area (Å²) in [7, 11) is 0. The molecule has 158 valence electrons. The Hall–Kier alpha value is -3.68. The molecule has 31 heavy (non-hydrogen) atoms. The van der Waals surface area contributed by atoms with E-state index in [4.69, 9.17) is 0 Å². The molecule has 0 aliphatic carbocycles. The van der Waals surface area contributed by atoms with E-state index in [1.165, 1.54) is 30.3 Å². The Kier molecular flexibility index (Phi) is 5.46. The first-order chi connectivity index (χ1) is 14.8. The first-order valence-corrected chi connectivity index (χ1v) is 9.46. The lowest BCUT2D eigenvalue weighted by molar-refractivity contribution is -0.137. The normalized spacial score (nSPS) is 12.6.